The SMILES string of the molecule is OCCON=C(c1csc([N-]c2nccs2)n1)c1csc([N-]c2nccs2)n1. The number of nitrogens with zero attached hydrogens (tertiary/aromatic N) is 7. The van der Waals surface area contributed by atoms with Gasteiger partial charge in [0.1, 0.15) is 12.3 Å². The summed E-state index contributed by atoms with van der Waals surface area (Å²) in [6.07, 6.45) is 3.38. The Hall–Kier alpha value is -2.45. The van der Waals surface area contributed by atoms with Crippen LogP contribution < -0.4 is 0 Å². The van der Waals surface area contributed by atoms with E-state index in [1.807, 2.05) is 21.5 Å². The number of aromatic nitrogens is 4. The highest BCUT2D eigenvalue weighted by Gasteiger charge is 2.11. The first-order chi connectivity index (χ1) is 13.8. The lowest BCUT2D eigenvalue weighted by Gasteiger charge is -2.07. The number of rotatable bonds is 9. The van der Waals surface area contributed by atoms with E-state index >= 15 is 0 Å². The van der Waals surface area contributed by atoms with Crippen LogP contribution in [-0.2, 0) is 4.84 Å². The van der Waals surface area contributed by atoms with Gasteiger partial charge < -0.3 is 40.5 Å². The minimum absolute atomic E-state index is 0.0739. The van der Waals surface area contributed by atoms with Crippen molar-refractivity contribution < 1.29 is 9.94 Å². The Bertz CT molecular complexity index is 950. The van der Waals surface area contributed by atoms with Crippen molar-refractivity contribution in [3.8, 4) is 0 Å². The van der Waals surface area contributed by atoms with Crippen LogP contribution in [0.25, 0.3) is 10.6 Å². The maximum atomic E-state index is 8.95. The zero-order chi connectivity index (χ0) is 19.2. The topological polar surface area (TPSA) is 122 Å². The van der Waals surface area contributed by atoms with Gasteiger partial charge in [-0.15, -0.1) is 45.3 Å². The molecule has 0 aliphatic heterocycles. The molecule has 4 rings (SSSR count). The highest BCUT2D eigenvalue weighted by molar-refractivity contribution is 7.17. The zero-order valence-corrected chi connectivity index (χ0v) is 17.3. The summed E-state index contributed by atoms with van der Waals surface area (Å²) in [7, 11) is 0. The van der Waals surface area contributed by atoms with Crippen molar-refractivity contribution in [2.24, 2.45) is 5.16 Å². The number of hydrogen-bond acceptors (Lipinski definition) is 11. The highest BCUT2D eigenvalue weighted by Crippen LogP contribution is 2.36. The molecule has 1 N–H and O–H groups in total. The molecule has 0 unspecified atom stereocenters. The number of thiazole rings is 4. The summed E-state index contributed by atoms with van der Waals surface area (Å²) in [5, 5.41) is 31.6. The van der Waals surface area contributed by atoms with Gasteiger partial charge in [0.2, 0.25) is 0 Å². The third-order valence-corrected chi connectivity index (χ3v) is 5.83. The van der Waals surface area contributed by atoms with Gasteiger partial charge in [0.05, 0.1) is 27.1 Å². The molecule has 0 radical (unpaired) electrons. The lowest BCUT2D eigenvalue weighted by molar-refractivity contribution is 0.0988. The molecule has 0 saturated carbocycles. The van der Waals surface area contributed by atoms with E-state index in [2.05, 4.69) is 35.7 Å². The molecule has 13 heteroatoms. The van der Waals surface area contributed by atoms with E-state index in [-0.39, 0.29) is 13.2 Å². The molecule has 0 aliphatic rings. The number of oxime groups is 1. The van der Waals surface area contributed by atoms with Crippen LogP contribution in [-0.4, -0.2) is 44.0 Å². The smallest absolute Gasteiger partial charge is 0.140 e. The Kier molecular flexibility index (Phi) is 6.18. The third kappa shape index (κ3) is 4.69. The van der Waals surface area contributed by atoms with Crippen molar-refractivity contribution in [3.05, 3.63) is 55.9 Å². The van der Waals surface area contributed by atoms with Crippen LogP contribution in [0.1, 0.15) is 11.4 Å². The van der Waals surface area contributed by atoms with Crippen molar-refractivity contribution in [2.45, 2.75) is 0 Å². The summed E-state index contributed by atoms with van der Waals surface area (Å²) >= 11 is 5.60. The largest absolute Gasteiger partial charge is 0.393 e. The number of aliphatic hydroxyl groups is 1. The molecular formula is C15H11N7O2S4-2. The molecule has 4 aromatic rings. The molecule has 0 atom stereocenters. The molecule has 0 bridgehead atoms. The van der Waals surface area contributed by atoms with E-state index in [4.69, 9.17) is 9.94 Å². The zero-order valence-electron chi connectivity index (χ0n) is 14.0. The van der Waals surface area contributed by atoms with Gasteiger partial charge in [0.25, 0.3) is 0 Å². The van der Waals surface area contributed by atoms with E-state index in [0.29, 0.717) is 37.6 Å². The van der Waals surface area contributed by atoms with Crippen molar-refractivity contribution in [1.82, 2.24) is 19.9 Å². The van der Waals surface area contributed by atoms with Crippen LogP contribution in [0.5, 0.6) is 0 Å². The predicted octanol–water partition coefficient (Wildman–Crippen LogP) is 4.95. The molecule has 4 heterocycles. The summed E-state index contributed by atoms with van der Waals surface area (Å²) < 4.78 is 0. The molecular weight excluding hydrogens is 438 g/mol. The summed E-state index contributed by atoms with van der Waals surface area (Å²) in [5.74, 6) is 0. The maximum Gasteiger partial charge on any atom is 0.140 e. The Morgan fingerprint density at radius 2 is 1.46 bits per heavy atom. The molecule has 0 amide bonds. The number of aliphatic hydroxyl groups excluding tert-OH is 1. The van der Waals surface area contributed by atoms with Gasteiger partial charge in [-0.25, -0.2) is 0 Å². The average molecular weight is 450 g/mol. The van der Waals surface area contributed by atoms with E-state index in [9.17, 15) is 0 Å². The standard InChI is InChI=1S/C15H11N7O2S4/c23-3-4-24-22-11(9-7-27-14(18-9)20-12-16-1-5-25-12)10-8-28-15(19-10)21-13-17-2-6-26-13/h1-2,5-8,23H,3-4H2/q-2. The van der Waals surface area contributed by atoms with E-state index in [1.54, 1.807) is 12.4 Å². The first-order valence-electron chi connectivity index (χ1n) is 7.77. The third-order valence-electron chi connectivity index (χ3n) is 3.03. The predicted molar refractivity (Wildman–Crippen MR) is 112 cm³/mol. The molecule has 144 valence electrons. The van der Waals surface area contributed by atoms with Gasteiger partial charge in [-0.1, -0.05) is 5.16 Å². The molecule has 9 nitrogen and oxygen atoms in total. The summed E-state index contributed by atoms with van der Waals surface area (Å²) in [6.45, 7) is -0.0648. The van der Waals surface area contributed by atoms with Gasteiger partial charge in [0, 0.05) is 22.1 Å². The minimum atomic E-state index is -0.139. The van der Waals surface area contributed by atoms with Gasteiger partial charge in [-0.3, -0.25) is 0 Å². The first-order valence-corrected chi connectivity index (χ1v) is 11.3. The Labute approximate surface area is 175 Å². The van der Waals surface area contributed by atoms with Crippen molar-refractivity contribution in [2.75, 3.05) is 13.2 Å². The lowest BCUT2D eigenvalue weighted by atomic mass is 10.2. The highest BCUT2D eigenvalue weighted by atomic mass is 32.1. The summed E-state index contributed by atoms with van der Waals surface area (Å²) in [4.78, 5) is 22.4. The maximum absolute atomic E-state index is 8.95. The quantitative estimate of drug-likeness (QED) is 0.219. The van der Waals surface area contributed by atoms with E-state index < -0.39 is 0 Å². The molecule has 4 aromatic heterocycles. The molecule has 0 fully saturated rings. The second-order valence-corrected chi connectivity index (χ2v) is 8.30. The Morgan fingerprint density at radius 1 is 0.893 bits per heavy atom. The van der Waals surface area contributed by atoms with Gasteiger partial charge in [-0.2, -0.15) is 0 Å². The molecule has 0 aromatic carbocycles. The number of hydrogen-bond donors (Lipinski definition) is 1. The Balaban J connectivity index is 1.56. The second-order valence-electron chi connectivity index (χ2n) is 4.88. The van der Waals surface area contributed by atoms with Crippen LogP contribution in [0.15, 0.2) is 39.1 Å². The van der Waals surface area contributed by atoms with E-state index in [1.165, 1.54) is 45.3 Å². The van der Waals surface area contributed by atoms with Gasteiger partial charge >= 0.3 is 0 Å². The van der Waals surface area contributed by atoms with Crippen LogP contribution in [0.4, 0.5) is 20.5 Å². The van der Waals surface area contributed by atoms with Crippen LogP contribution >= 0.6 is 45.3 Å². The molecule has 0 aliphatic carbocycles. The summed E-state index contributed by atoms with van der Waals surface area (Å²) in [6, 6.07) is 0. The Morgan fingerprint density at radius 3 is 1.93 bits per heavy atom. The van der Waals surface area contributed by atoms with E-state index in [0.717, 1.165) is 0 Å². The van der Waals surface area contributed by atoms with Crippen LogP contribution in [0.3, 0.4) is 0 Å². The monoisotopic (exact) mass is 449 g/mol. The van der Waals surface area contributed by atoms with Crippen LogP contribution in [0, 0.1) is 0 Å². The van der Waals surface area contributed by atoms with Gasteiger partial charge in [-0.05, 0) is 23.2 Å². The average Bonchev–Trinajstić information content (AvgIpc) is 3.49. The molecule has 28 heavy (non-hydrogen) atoms. The minimum Gasteiger partial charge on any atom is -0.393 e. The first kappa shape index (κ1) is 18.9. The van der Waals surface area contributed by atoms with Crippen LogP contribution in [0.2, 0.25) is 0 Å². The fraction of sp³-hybridized carbons (Fsp3) is 0.133. The second kappa shape index (κ2) is 9.16. The van der Waals surface area contributed by atoms with Crippen molar-refractivity contribution in [3.63, 3.8) is 0 Å². The molecule has 0 saturated heterocycles. The fourth-order valence-corrected chi connectivity index (χ4v) is 4.40. The summed E-state index contributed by atoms with van der Waals surface area (Å²) in [5.41, 5.74) is 1.59. The van der Waals surface area contributed by atoms with Crippen molar-refractivity contribution in [1.29, 1.82) is 0 Å². The van der Waals surface area contributed by atoms with Crippen molar-refractivity contribution >= 4 is 71.6 Å². The van der Waals surface area contributed by atoms with Gasteiger partial charge in [0.15, 0.2) is 0 Å². The molecule has 0 spiro atoms. The lowest BCUT2D eigenvalue weighted by Crippen LogP contribution is -2.06. The normalized spacial score (nSPS) is 10.6. The fourth-order valence-electron chi connectivity index (χ4n) is 1.93.